The third kappa shape index (κ3) is 3.53. The van der Waals surface area contributed by atoms with E-state index in [2.05, 4.69) is 4.98 Å². The van der Waals surface area contributed by atoms with Crippen LogP contribution >= 0.6 is 11.6 Å². The first-order valence-corrected chi connectivity index (χ1v) is 8.09. The highest BCUT2D eigenvalue weighted by Gasteiger charge is 2.22. The molecule has 0 aliphatic heterocycles. The number of anilines is 1. The van der Waals surface area contributed by atoms with Crippen LogP contribution in [0, 0.1) is 17.1 Å². The molecule has 0 atom stereocenters. The van der Waals surface area contributed by atoms with Crippen molar-refractivity contribution in [1.29, 1.82) is 5.26 Å². The molecule has 1 aromatic carbocycles. The monoisotopic (exact) mass is 339 g/mol. The van der Waals surface area contributed by atoms with Crippen molar-refractivity contribution in [3.05, 3.63) is 58.5 Å². The van der Waals surface area contributed by atoms with Gasteiger partial charge in [-0.1, -0.05) is 11.6 Å². The minimum atomic E-state index is -3.85. The number of hydrogen-bond donors (Lipinski definition) is 0. The summed E-state index contributed by atoms with van der Waals surface area (Å²) in [5, 5.41) is 9.19. The molecule has 0 aliphatic rings. The maximum atomic E-state index is 13.7. The molecular formula is C14H11ClFN3O2S. The van der Waals surface area contributed by atoms with Crippen molar-refractivity contribution >= 4 is 27.4 Å². The lowest BCUT2D eigenvalue weighted by molar-refractivity contribution is 0.585. The van der Waals surface area contributed by atoms with Gasteiger partial charge in [0.05, 0.1) is 22.4 Å². The lowest BCUT2D eigenvalue weighted by atomic mass is 10.1. The molecule has 2 aromatic rings. The van der Waals surface area contributed by atoms with E-state index in [4.69, 9.17) is 16.9 Å². The van der Waals surface area contributed by atoms with E-state index in [-0.39, 0.29) is 16.9 Å². The summed E-state index contributed by atoms with van der Waals surface area (Å²) in [6.07, 6.45) is 1.32. The Kier molecular flexibility index (Phi) is 4.64. The Morgan fingerprint density at radius 2 is 2.09 bits per heavy atom. The van der Waals surface area contributed by atoms with Crippen molar-refractivity contribution in [2.24, 2.45) is 0 Å². The minimum Gasteiger partial charge on any atom is -0.257 e. The topological polar surface area (TPSA) is 74.1 Å². The summed E-state index contributed by atoms with van der Waals surface area (Å²) in [4.78, 5) is 3.91. The number of pyridine rings is 1. The third-order valence-electron chi connectivity index (χ3n) is 2.96. The van der Waals surface area contributed by atoms with Crippen LogP contribution in [0.15, 0.2) is 36.5 Å². The van der Waals surface area contributed by atoms with E-state index in [1.807, 2.05) is 6.07 Å². The van der Waals surface area contributed by atoms with Gasteiger partial charge >= 0.3 is 0 Å². The van der Waals surface area contributed by atoms with Gasteiger partial charge in [-0.3, -0.25) is 4.31 Å². The molecule has 0 radical (unpaired) electrons. The average molecular weight is 340 g/mol. The maximum absolute atomic E-state index is 13.7. The minimum absolute atomic E-state index is 0.0696. The quantitative estimate of drug-likeness (QED) is 0.858. The van der Waals surface area contributed by atoms with Gasteiger partial charge in [-0.2, -0.15) is 5.26 Å². The second-order valence-corrected chi connectivity index (χ2v) is 6.91. The zero-order valence-corrected chi connectivity index (χ0v) is 13.1. The van der Waals surface area contributed by atoms with Crippen LogP contribution in [0.4, 0.5) is 10.2 Å². The summed E-state index contributed by atoms with van der Waals surface area (Å²) < 4.78 is 39.4. The predicted molar refractivity (Wildman–Crippen MR) is 81.4 cm³/mol. The molecule has 0 bridgehead atoms. The van der Waals surface area contributed by atoms with Crippen molar-refractivity contribution in [3.8, 4) is 6.07 Å². The number of rotatable bonds is 4. The number of hydrogen-bond acceptors (Lipinski definition) is 4. The Morgan fingerprint density at radius 3 is 2.68 bits per heavy atom. The smallest absolute Gasteiger partial charge is 0.240 e. The van der Waals surface area contributed by atoms with Gasteiger partial charge < -0.3 is 0 Å². The van der Waals surface area contributed by atoms with Crippen molar-refractivity contribution in [3.63, 3.8) is 0 Å². The Hall–Kier alpha value is -2.17. The van der Waals surface area contributed by atoms with Crippen molar-refractivity contribution in [1.82, 2.24) is 4.98 Å². The van der Waals surface area contributed by atoms with Crippen molar-refractivity contribution in [2.75, 3.05) is 11.4 Å². The molecule has 2 rings (SSSR count). The van der Waals surface area contributed by atoms with Crippen LogP contribution in [0.3, 0.4) is 0 Å². The number of halogens is 2. The van der Waals surface area contributed by atoms with Gasteiger partial charge in [-0.05, 0) is 30.3 Å². The normalized spacial score (nSPS) is 11.0. The van der Waals surface area contributed by atoms with Crippen LogP contribution < -0.4 is 4.31 Å². The van der Waals surface area contributed by atoms with E-state index in [9.17, 15) is 12.8 Å². The molecule has 8 heteroatoms. The van der Waals surface area contributed by atoms with Gasteiger partial charge in [0, 0.05) is 18.8 Å². The maximum Gasteiger partial charge on any atom is 0.240 e. The van der Waals surface area contributed by atoms with Gasteiger partial charge in [-0.15, -0.1) is 0 Å². The van der Waals surface area contributed by atoms with Crippen LogP contribution in [0.2, 0.25) is 5.02 Å². The fraction of sp³-hybridized carbons (Fsp3) is 0.143. The molecule has 1 heterocycles. The Bertz CT molecular complexity index is 832. The van der Waals surface area contributed by atoms with Gasteiger partial charge in [0.2, 0.25) is 10.0 Å². The molecule has 1 aromatic heterocycles. The van der Waals surface area contributed by atoms with E-state index < -0.39 is 21.6 Å². The van der Waals surface area contributed by atoms with E-state index in [1.54, 1.807) is 0 Å². The zero-order valence-electron chi connectivity index (χ0n) is 11.5. The van der Waals surface area contributed by atoms with Gasteiger partial charge in [0.25, 0.3) is 0 Å². The second-order valence-electron chi connectivity index (χ2n) is 4.48. The fourth-order valence-electron chi connectivity index (χ4n) is 1.75. The first-order chi connectivity index (χ1) is 10.3. The highest BCUT2D eigenvalue weighted by molar-refractivity contribution is 7.92. The molecular weight excluding hydrogens is 329 g/mol. The van der Waals surface area contributed by atoms with Crippen LogP contribution in [0.25, 0.3) is 0 Å². The van der Waals surface area contributed by atoms with Crippen LogP contribution in [0.1, 0.15) is 11.1 Å². The highest BCUT2D eigenvalue weighted by Crippen LogP contribution is 2.20. The Labute approximate surface area is 132 Å². The SMILES string of the molecule is CN(c1ccc(Cl)cn1)S(=O)(=O)Cc1cc(C#N)ccc1F. The predicted octanol–water partition coefficient (Wildman–Crippen LogP) is 2.71. The zero-order chi connectivity index (χ0) is 16.3. The Balaban J connectivity index is 2.31. The number of nitrogens with zero attached hydrogens (tertiary/aromatic N) is 3. The number of sulfonamides is 1. The number of nitriles is 1. The molecule has 0 N–H and O–H groups in total. The van der Waals surface area contributed by atoms with E-state index in [0.29, 0.717) is 5.02 Å². The average Bonchev–Trinajstić information content (AvgIpc) is 2.49. The lowest BCUT2D eigenvalue weighted by Gasteiger charge is -2.18. The Morgan fingerprint density at radius 1 is 1.36 bits per heavy atom. The first-order valence-electron chi connectivity index (χ1n) is 6.10. The molecule has 114 valence electrons. The highest BCUT2D eigenvalue weighted by atomic mass is 35.5. The van der Waals surface area contributed by atoms with Gasteiger partial charge in [0.1, 0.15) is 11.6 Å². The van der Waals surface area contributed by atoms with E-state index in [0.717, 1.165) is 10.4 Å². The lowest BCUT2D eigenvalue weighted by Crippen LogP contribution is -2.28. The standard InChI is InChI=1S/C14H11ClFN3O2S/c1-19(14-5-3-12(15)8-18-14)22(20,21)9-11-6-10(7-17)2-4-13(11)16/h2-6,8H,9H2,1H3. The largest absolute Gasteiger partial charge is 0.257 e. The fourth-order valence-corrected chi connectivity index (χ4v) is 3.06. The van der Waals surface area contributed by atoms with Crippen molar-refractivity contribution in [2.45, 2.75) is 5.75 Å². The van der Waals surface area contributed by atoms with Crippen LogP contribution in [-0.4, -0.2) is 20.4 Å². The van der Waals surface area contributed by atoms with Crippen LogP contribution in [0.5, 0.6) is 0 Å². The first kappa shape index (κ1) is 16.2. The summed E-state index contributed by atoms with van der Waals surface area (Å²) in [5.74, 6) is -1.09. The van der Waals surface area contributed by atoms with Gasteiger partial charge in [0.15, 0.2) is 0 Å². The van der Waals surface area contributed by atoms with Crippen molar-refractivity contribution < 1.29 is 12.8 Å². The van der Waals surface area contributed by atoms with E-state index in [1.165, 1.54) is 37.5 Å². The summed E-state index contributed by atoms with van der Waals surface area (Å²) in [5.41, 5.74) is 0.124. The summed E-state index contributed by atoms with van der Waals surface area (Å²) >= 11 is 5.70. The molecule has 0 unspecified atom stereocenters. The molecule has 5 nitrogen and oxygen atoms in total. The second kappa shape index (κ2) is 6.30. The van der Waals surface area contributed by atoms with E-state index >= 15 is 0 Å². The molecule has 0 saturated carbocycles. The molecule has 22 heavy (non-hydrogen) atoms. The molecule has 0 aliphatic carbocycles. The van der Waals surface area contributed by atoms with Gasteiger partial charge in [-0.25, -0.2) is 17.8 Å². The molecule has 0 amide bonds. The molecule has 0 fully saturated rings. The number of benzene rings is 1. The van der Waals surface area contributed by atoms with Crippen LogP contribution in [-0.2, 0) is 15.8 Å². The summed E-state index contributed by atoms with van der Waals surface area (Å²) in [7, 11) is -2.53. The molecule has 0 spiro atoms. The molecule has 0 saturated heterocycles. The summed E-state index contributed by atoms with van der Waals surface area (Å²) in [6.45, 7) is 0. The number of aromatic nitrogens is 1. The third-order valence-corrected chi connectivity index (χ3v) is 4.89. The summed E-state index contributed by atoms with van der Waals surface area (Å²) in [6, 6.07) is 8.38.